The number of aliphatic hydroxyl groups excluding tert-OH is 1. The Morgan fingerprint density at radius 2 is 2.08 bits per heavy atom. The van der Waals surface area contributed by atoms with Crippen LogP contribution in [0.3, 0.4) is 0 Å². The molecule has 0 radical (unpaired) electrons. The van der Waals surface area contributed by atoms with Crippen LogP contribution in [-0.4, -0.2) is 36.2 Å². The average molecular weight is 173 g/mol. The lowest BCUT2D eigenvalue weighted by Gasteiger charge is -2.29. The number of hydrogen-bond donors (Lipinski definition) is 1. The fourth-order valence-corrected chi connectivity index (χ4v) is 1.63. The molecule has 0 spiro atoms. The van der Waals surface area contributed by atoms with E-state index in [2.05, 4.69) is 11.8 Å². The molecule has 0 saturated carbocycles. The van der Waals surface area contributed by atoms with Gasteiger partial charge in [-0.2, -0.15) is 0 Å². The van der Waals surface area contributed by atoms with Crippen LogP contribution >= 0.6 is 0 Å². The summed E-state index contributed by atoms with van der Waals surface area (Å²) in [6.07, 6.45) is 2.67. The van der Waals surface area contributed by atoms with Crippen LogP contribution in [0.2, 0.25) is 0 Å². The average Bonchev–Trinajstić information content (AvgIpc) is 2.09. The van der Waals surface area contributed by atoms with E-state index < -0.39 is 0 Å². The normalized spacial score (nSPS) is 24.5. The van der Waals surface area contributed by atoms with Crippen molar-refractivity contribution < 1.29 is 5.11 Å². The Hall–Kier alpha value is -0.0800. The maximum absolute atomic E-state index is 8.66. The van der Waals surface area contributed by atoms with Crippen molar-refractivity contribution in [2.45, 2.75) is 33.6 Å². The molecule has 1 aliphatic rings. The molecule has 12 heavy (non-hydrogen) atoms. The van der Waals surface area contributed by atoms with Gasteiger partial charge in [0.2, 0.25) is 0 Å². The van der Waals surface area contributed by atoms with Gasteiger partial charge in [0.15, 0.2) is 0 Å². The van der Waals surface area contributed by atoms with E-state index in [4.69, 9.17) is 5.11 Å². The molecule has 1 fully saturated rings. The van der Waals surface area contributed by atoms with Gasteiger partial charge in [-0.25, -0.2) is 0 Å². The third-order valence-corrected chi connectivity index (χ3v) is 2.16. The Labute approximate surface area is 76.6 Å². The molecule has 1 heterocycles. The van der Waals surface area contributed by atoms with Crippen molar-refractivity contribution in [1.29, 1.82) is 0 Å². The largest absolute Gasteiger partial charge is 0.395 e. The van der Waals surface area contributed by atoms with E-state index in [-0.39, 0.29) is 0 Å². The maximum atomic E-state index is 8.66. The molecule has 0 aliphatic carbocycles. The van der Waals surface area contributed by atoms with Gasteiger partial charge in [-0.1, -0.05) is 20.8 Å². The summed E-state index contributed by atoms with van der Waals surface area (Å²) in [7, 11) is 0. The third kappa shape index (κ3) is 4.73. The smallest absolute Gasteiger partial charge is 0.0558 e. The maximum Gasteiger partial charge on any atom is 0.0558 e. The van der Waals surface area contributed by atoms with Crippen LogP contribution in [-0.2, 0) is 0 Å². The van der Waals surface area contributed by atoms with Gasteiger partial charge in [-0.15, -0.1) is 0 Å². The number of nitrogens with zero attached hydrogens (tertiary/aromatic N) is 1. The second kappa shape index (κ2) is 7.56. The minimum absolute atomic E-state index is 0.312. The zero-order valence-electron chi connectivity index (χ0n) is 8.71. The first-order valence-electron chi connectivity index (χ1n) is 5.16. The summed E-state index contributed by atoms with van der Waals surface area (Å²) in [6.45, 7) is 9.83. The van der Waals surface area contributed by atoms with Gasteiger partial charge in [-0.05, 0) is 25.3 Å². The van der Waals surface area contributed by atoms with Crippen molar-refractivity contribution in [2.75, 3.05) is 26.2 Å². The lowest BCUT2D eigenvalue weighted by atomic mass is 10.0. The van der Waals surface area contributed by atoms with Crippen molar-refractivity contribution in [3.05, 3.63) is 0 Å². The van der Waals surface area contributed by atoms with Crippen LogP contribution in [0, 0.1) is 5.92 Å². The first-order chi connectivity index (χ1) is 5.83. The predicted molar refractivity (Wildman–Crippen MR) is 53.3 cm³/mol. The molecule has 1 rings (SSSR count). The lowest BCUT2D eigenvalue weighted by molar-refractivity contribution is 0.146. The van der Waals surface area contributed by atoms with Crippen LogP contribution in [0.4, 0.5) is 0 Å². The van der Waals surface area contributed by atoms with Gasteiger partial charge in [-0.3, -0.25) is 0 Å². The Balaban J connectivity index is 0.000000561. The van der Waals surface area contributed by atoms with Crippen LogP contribution in [0.5, 0.6) is 0 Å². The van der Waals surface area contributed by atoms with Gasteiger partial charge in [0.1, 0.15) is 0 Å². The number of piperidine rings is 1. The molecule has 0 aromatic carbocycles. The number of likely N-dealkylation sites (tertiary alicyclic amines) is 1. The van der Waals surface area contributed by atoms with Gasteiger partial charge < -0.3 is 10.0 Å². The van der Waals surface area contributed by atoms with E-state index in [0.29, 0.717) is 6.61 Å². The lowest BCUT2D eigenvalue weighted by Crippen LogP contribution is -2.36. The summed E-state index contributed by atoms with van der Waals surface area (Å²) >= 11 is 0. The van der Waals surface area contributed by atoms with Crippen LogP contribution in [0.1, 0.15) is 33.6 Å². The molecule has 1 unspecified atom stereocenters. The highest BCUT2D eigenvalue weighted by molar-refractivity contribution is 4.68. The molecular formula is C10H23NO. The number of aliphatic hydroxyl groups is 1. The molecule has 2 heteroatoms. The number of β-amino-alcohol motifs (C(OH)–C–C–N with tert-alkyl or cyclic N) is 1. The van der Waals surface area contributed by atoms with E-state index in [9.17, 15) is 0 Å². The quantitative estimate of drug-likeness (QED) is 0.687. The zero-order chi connectivity index (χ0) is 9.40. The SMILES string of the molecule is CC.CC1CCCN(CCO)C1. The van der Waals surface area contributed by atoms with E-state index in [1.807, 2.05) is 13.8 Å². The Kier molecular flexibility index (Phi) is 7.51. The standard InChI is InChI=1S/C8H17NO.C2H6/c1-8-3-2-4-9(7-8)5-6-10;1-2/h8,10H,2-7H2,1H3;1-2H3. The minimum atomic E-state index is 0.312. The molecule has 1 N–H and O–H groups in total. The van der Waals surface area contributed by atoms with E-state index in [0.717, 1.165) is 12.5 Å². The van der Waals surface area contributed by atoms with Gasteiger partial charge in [0, 0.05) is 13.1 Å². The minimum Gasteiger partial charge on any atom is -0.395 e. The molecule has 0 bridgehead atoms. The van der Waals surface area contributed by atoms with Gasteiger partial charge in [0.05, 0.1) is 6.61 Å². The van der Waals surface area contributed by atoms with E-state index in [1.165, 1.54) is 25.9 Å². The monoisotopic (exact) mass is 173 g/mol. The fourth-order valence-electron chi connectivity index (χ4n) is 1.63. The van der Waals surface area contributed by atoms with Crippen LogP contribution in [0.25, 0.3) is 0 Å². The van der Waals surface area contributed by atoms with Gasteiger partial charge >= 0.3 is 0 Å². The predicted octanol–water partition coefficient (Wildman–Crippen LogP) is 1.74. The summed E-state index contributed by atoms with van der Waals surface area (Å²) in [5, 5.41) is 8.66. The van der Waals surface area contributed by atoms with Crippen LogP contribution < -0.4 is 0 Å². The van der Waals surface area contributed by atoms with Crippen LogP contribution in [0.15, 0.2) is 0 Å². The first-order valence-corrected chi connectivity index (χ1v) is 5.16. The Morgan fingerprint density at radius 3 is 2.58 bits per heavy atom. The summed E-state index contributed by atoms with van der Waals surface area (Å²) in [5.41, 5.74) is 0. The molecule has 0 aromatic rings. The molecule has 1 saturated heterocycles. The molecular weight excluding hydrogens is 150 g/mol. The van der Waals surface area contributed by atoms with E-state index in [1.54, 1.807) is 0 Å². The number of hydrogen-bond acceptors (Lipinski definition) is 2. The van der Waals surface area contributed by atoms with Crippen molar-refractivity contribution in [3.8, 4) is 0 Å². The highest BCUT2D eigenvalue weighted by Gasteiger charge is 2.14. The summed E-state index contributed by atoms with van der Waals surface area (Å²) < 4.78 is 0. The zero-order valence-corrected chi connectivity index (χ0v) is 8.71. The molecule has 2 nitrogen and oxygen atoms in total. The number of rotatable bonds is 2. The first kappa shape index (κ1) is 11.9. The summed E-state index contributed by atoms with van der Waals surface area (Å²) in [6, 6.07) is 0. The molecule has 1 atom stereocenters. The summed E-state index contributed by atoms with van der Waals surface area (Å²) in [5.74, 6) is 0.834. The van der Waals surface area contributed by atoms with Crippen molar-refractivity contribution in [3.63, 3.8) is 0 Å². The highest BCUT2D eigenvalue weighted by atomic mass is 16.3. The topological polar surface area (TPSA) is 23.5 Å². The molecule has 0 amide bonds. The highest BCUT2D eigenvalue weighted by Crippen LogP contribution is 2.14. The molecule has 1 aliphatic heterocycles. The summed E-state index contributed by atoms with van der Waals surface area (Å²) in [4.78, 5) is 2.34. The second-order valence-electron chi connectivity index (χ2n) is 3.27. The van der Waals surface area contributed by atoms with E-state index >= 15 is 0 Å². The van der Waals surface area contributed by atoms with Crippen molar-refractivity contribution in [2.24, 2.45) is 5.92 Å². The Bertz CT molecular complexity index is 93.8. The second-order valence-corrected chi connectivity index (χ2v) is 3.27. The fraction of sp³-hybridized carbons (Fsp3) is 1.00. The van der Waals surface area contributed by atoms with Crippen molar-refractivity contribution >= 4 is 0 Å². The molecule has 74 valence electrons. The van der Waals surface area contributed by atoms with Gasteiger partial charge in [0.25, 0.3) is 0 Å². The third-order valence-electron chi connectivity index (χ3n) is 2.16. The van der Waals surface area contributed by atoms with Crippen molar-refractivity contribution in [1.82, 2.24) is 4.90 Å². The molecule has 0 aromatic heterocycles. The Morgan fingerprint density at radius 1 is 1.42 bits per heavy atom.